The van der Waals surface area contributed by atoms with Crippen LogP contribution in [0.25, 0.3) is 0 Å². The van der Waals surface area contributed by atoms with Gasteiger partial charge in [-0.2, -0.15) is 0 Å². The van der Waals surface area contributed by atoms with Gasteiger partial charge in [0.05, 0.1) is 6.61 Å². The van der Waals surface area contributed by atoms with Crippen LogP contribution in [0.3, 0.4) is 0 Å². The smallest absolute Gasteiger partial charge is 0.191 e. The summed E-state index contributed by atoms with van der Waals surface area (Å²) < 4.78 is 14.8. The second-order valence-corrected chi connectivity index (χ2v) is 4.79. The average Bonchev–Trinajstić information content (AvgIpc) is 2.41. The standard InChI is InChI=1S/C14H20FNO/c15-14(12-17,16-9-5-2-6-10-16)11-13-7-3-1-4-8-13/h1,3-4,7-8,17H,2,5-6,9-12H2. The molecule has 1 N–H and O–H groups in total. The lowest BCUT2D eigenvalue weighted by Gasteiger charge is -2.38. The molecule has 0 aromatic heterocycles. The molecule has 1 aliphatic heterocycles. The maximum atomic E-state index is 14.8. The molecular formula is C14H20FNO. The fourth-order valence-electron chi connectivity index (χ4n) is 2.47. The number of halogens is 1. The van der Waals surface area contributed by atoms with Crippen LogP contribution in [0.15, 0.2) is 30.3 Å². The Morgan fingerprint density at radius 3 is 2.35 bits per heavy atom. The zero-order chi connectivity index (χ0) is 12.1. The van der Waals surface area contributed by atoms with E-state index in [1.54, 1.807) is 4.90 Å². The Morgan fingerprint density at radius 1 is 1.12 bits per heavy atom. The lowest BCUT2D eigenvalue weighted by Crippen LogP contribution is -2.51. The number of rotatable bonds is 4. The van der Waals surface area contributed by atoms with E-state index in [1.807, 2.05) is 30.3 Å². The van der Waals surface area contributed by atoms with Gasteiger partial charge in [-0.05, 0) is 18.4 Å². The van der Waals surface area contributed by atoms with Gasteiger partial charge in [0, 0.05) is 19.5 Å². The van der Waals surface area contributed by atoms with Crippen LogP contribution in [0.2, 0.25) is 0 Å². The van der Waals surface area contributed by atoms with Gasteiger partial charge in [0.1, 0.15) is 0 Å². The van der Waals surface area contributed by atoms with E-state index < -0.39 is 12.4 Å². The van der Waals surface area contributed by atoms with Crippen molar-refractivity contribution in [3.05, 3.63) is 35.9 Å². The molecule has 3 heteroatoms. The van der Waals surface area contributed by atoms with E-state index in [2.05, 4.69) is 0 Å². The van der Waals surface area contributed by atoms with Crippen molar-refractivity contribution in [3.63, 3.8) is 0 Å². The lowest BCUT2D eigenvalue weighted by molar-refractivity contribution is -0.0821. The van der Waals surface area contributed by atoms with E-state index in [0.29, 0.717) is 0 Å². The first-order chi connectivity index (χ1) is 8.24. The van der Waals surface area contributed by atoms with Gasteiger partial charge in [0.15, 0.2) is 5.79 Å². The first-order valence-electron chi connectivity index (χ1n) is 6.33. The summed E-state index contributed by atoms with van der Waals surface area (Å²) in [5.41, 5.74) is 0.939. The number of hydrogen-bond donors (Lipinski definition) is 1. The minimum absolute atomic E-state index is 0.268. The minimum atomic E-state index is -1.60. The van der Waals surface area contributed by atoms with E-state index in [9.17, 15) is 9.50 Å². The van der Waals surface area contributed by atoms with E-state index in [4.69, 9.17) is 0 Å². The highest BCUT2D eigenvalue weighted by Gasteiger charge is 2.36. The fourth-order valence-corrected chi connectivity index (χ4v) is 2.47. The third kappa shape index (κ3) is 3.05. The predicted molar refractivity (Wildman–Crippen MR) is 66.5 cm³/mol. The van der Waals surface area contributed by atoms with Crippen molar-refractivity contribution >= 4 is 0 Å². The molecule has 1 aliphatic rings. The molecule has 0 amide bonds. The molecule has 1 aromatic carbocycles. The summed E-state index contributed by atoms with van der Waals surface area (Å²) in [6.45, 7) is 1.08. The van der Waals surface area contributed by atoms with E-state index in [1.165, 1.54) is 6.42 Å². The van der Waals surface area contributed by atoms with Crippen molar-refractivity contribution in [2.75, 3.05) is 19.7 Å². The molecule has 0 radical (unpaired) electrons. The van der Waals surface area contributed by atoms with Crippen molar-refractivity contribution < 1.29 is 9.50 Å². The fraction of sp³-hybridized carbons (Fsp3) is 0.571. The first-order valence-corrected chi connectivity index (χ1v) is 6.33. The van der Waals surface area contributed by atoms with Crippen molar-refractivity contribution in [1.29, 1.82) is 0 Å². The maximum absolute atomic E-state index is 14.8. The molecule has 0 spiro atoms. The van der Waals surface area contributed by atoms with Crippen LogP contribution in [0.1, 0.15) is 24.8 Å². The molecule has 1 heterocycles. The highest BCUT2D eigenvalue weighted by atomic mass is 19.1. The van der Waals surface area contributed by atoms with Gasteiger partial charge in [-0.1, -0.05) is 36.8 Å². The second kappa shape index (κ2) is 5.61. The average molecular weight is 237 g/mol. The molecule has 1 atom stereocenters. The molecule has 1 saturated heterocycles. The largest absolute Gasteiger partial charge is 0.392 e. The summed E-state index contributed by atoms with van der Waals surface area (Å²) in [4.78, 5) is 1.80. The summed E-state index contributed by atoms with van der Waals surface area (Å²) in [5, 5.41) is 9.38. The van der Waals surface area contributed by atoms with E-state index in [0.717, 1.165) is 31.5 Å². The number of aliphatic hydroxyl groups is 1. The third-order valence-electron chi connectivity index (χ3n) is 3.48. The summed E-state index contributed by atoms with van der Waals surface area (Å²) in [6.07, 6.45) is 3.49. The van der Waals surface area contributed by atoms with Gasteiger partial charge in [-0.3, -0.25) is 4.90 Å². The Balaban J connectivity index is 2.07. The SMILES string of the molecule is OCC(F)(Cc1ccccc1)N1CCCCC1. The Kier molecular flexibility index (Phi) is 4.13. The third-order valence-corrected chi connectivity index (χ3v) is 3.48. The van der Waals surface area contributed by atoms with Crippen LogP contribution < -0.4 is 0 Å². The Hall–Kier alpha value is -0.930. The molecule has 1 unspecified atom stereocenters. The summed E-state index contributed by atoms with van der Waals surface area (Å²) >= 11 is 0. The lowest BCUT2D eigenvalue weighted by atomic mass is 10.00. The number of piperidine rings is 1. The van der Waals surface area contributed by atoms with Crippen molar-refractivity contribution in [2.45, 2.75) is 31.5 Å². The molecule has 17 heavy (non-hydrogen) atoms. The Labute approximate surface area is 102 Å². The van der Waals surface area contributed by atoms with Crippen molar-refractivity contribution in [3.8, 4) is 0 Å². The summed E-state index contributed by atoms with van der Waals surface area (Å²) in [7, 11) is 0. The molecule has 1 aromatic rings. The molecule has 1 fully saturated rings. The molecule has 0 aliphatic carbocycles. The summed E-state index contributed by atoms with van der Waals surface area (Å²) in [5.74, 6) is -1.60. The van der Waals surface area contributed by atoms with Gasteiger partial charge < -0.3 is 5.11 Å². The van der Waals surface area contributed by atoms with Crippen LogP contribution in [-0.4, -0.2) is 35.5 Å². The van der Waals surface area contributed by atoms with Gasteiger partial charge >= 0.3 is 0 Å². The maximum Gasteiger partial charge on any atom is 0.191 e. The number of benzene rings is 1. The Bertz CT molecular complexity index is 337. The highest BCUT2D eigenvalue weighted by molar-refractivity contribution is 5.17. The van der Waals surface area contributed by atoms with Gasteiger partial charge in [0.2, 0.25) is 0 Å². The number of aliphatic hydroxyl groups excluding tert-OH is 1. The van der Waals surface area contributed by atoms with Crippen molar-refractivity contribution in [2.24, 2.45) is 0 Å². The molecule has 2 rings (SSSR count). The van der Waals surface area contributed by atoms with Crippen LogP contribution in [0, 0.1) is 0 Å². The number of nitrogens with zero attached hydrogens (tertiary/aromatic N) is 1. The molecular weight excluding hydrogens is 217 g/mol. The zero-order valence-corrected chi connectivity index (χ0v) is 10.1. The van der Waals surface area contributed by atoms with Crippen molar-refractivity contribution in [1.82, 2.24) is 4.90 Å². The molecule has 0 saturated carbocycles. The molecule has 0 bridgehead atoms. The first kappa shape index (κ1) is 12.5. The Morgan fingerprint density at radius 2 is 1.76 bits per heavy atom. The predicted octanol–water partition coefficient (Wildman–Crippen LogP) is 2.37. The number of hydrogen-bond acceptors (Lipinski definition) is 2. The number of alkyl halides is 1. The normalized spacial score (nSPS) is 21.1. The van der Waals surface area contributed by atoms with Gasteiger partial charge in [0.25, 0.3) is 0 Å². The molecule has 2 nitrogen and oxygen atoms in total. The van der Waals surface area contributed by atoms with Crippen LogP contribution >= 0.6 is 0 Å². The van der Waals surface area contributed by atoms with Crippen LogP contribution in [-0.2, 0) is 6.42 Å². The molecule has 94 valence electrons. The monoisotopic (exact) mass is 237 g/mol. The van der Waals surface area contributed by atoms with Crippen LogP contribution in [0.5, 0.6) is 0 Å². The second-order valence-electron chi connectivity index (χ2n) is 4.79. The summed E-state index contributed by atoms with van der Waals surface area (Å²) in [6, 6.07) is 9.55. The number of likely N-dealkylation sites (tertiary alicyclic amines) is 1. The van der Waals surface area contributed by atoms with Gasteiger partial charge in [-0.15, -0.1) is 0 Å². The topological polar surface area (TPSA) is 23.5 Å². The van der Waals surface area contributed by atoms with Gasteiger partial charge in [-0.25, -0.2) is 4.39 Å². The van der Waals surface area contributed by atoms with Crippen LogP contribution in [0.4, 0.5) is 4.39 Å². The van der Waals surface area contributed by atoms with E-state index in [-0.39, 0.29) is 6.42 Å². The quantitative estimate of drug-likeness (QED) is 0.813. The van der Waals surface area contributed by atoms with E-state index >= 15 is 0 Å². The zero-order valence-electron chi connectivity index (χ0n) is 10.1. The minimum Gasteiger partial charge on any atom is -0.392 e. The highest BCUT2D eigenvalue weighted by Crippen LogP contribution is 2.26.